The second kappa shape index (κ2) is 6.91. The van der Waals surface area contributed by atoms with Gasteiger partial charge in [0.05, 0.1) is 0 Å². The Morgan fingerprint density at radius 2 is 1.24 bits per heavy atom. The summed E-state index contributed by atoms with van der Waals surface area (Å²) < 4.78 is 0. The van der Waals surface area contributed by atoms with Gasteiger partial charge in [0.25, 0.3) is 0 Å². The maximum atomic E-state index is 4.73. The second-order valence-electron chi connectivity index (χ2n) is 6.25. The van der Waals surface area contributed by atoms with Gasteiger partial charge in [-0.3, -0.25) is 5.32 Å². The highest BCUT2D eigenvalue weighted by atomic mass is 15.3. The molecule has 2 N–H and O–H groups in total. The fourth-order valence-electron chi connectivity index (χ4n) is 3.12. The van der Waals surface area contributed by atoms with Gasteiger partial charge in [0.2, 0.25) is 0 Å². The van der Waals surface area contributed by atoms with Crippen molar-refractivity contribution in [2.24, 2.45) is 4.99 Å². The third-order valence-electron chi connectivity index (χ3n) is 4.41. The van der Waals surface area contributed by atoms with E-state index in [1.807, 2.05) is 12.1 Å². The zero-order valence-electron chi connectivity index (χ0n) is 14.2. The molecule has 2 unspecified atom stereocenters. The zero-order chi connectivity index (χ0) is 17.1. The van der Waals surface area contributed by atoms with Gasteiger partial charge < -0.3 is 5.32 Å². The summed E-state index contributed by atoms with van der Waals surface area (Å²) in [7, 11) is 0. The number of rotatable bonds is 3. The van der Waals surface area contributed by atoms with E-state index in [2.05, 4.69) is 90.4 Å². The van der Waals surface area contributed by atoms with Crippen LogP contribution in [0.2, 0.25) is 0 Å². The lowest BCUT2D eigenvalue weighted by atomic mass is 10.0. The van der Waals surface area contributed by atoms with Crippen LogP contribution in [0.15, 0.2) is 89.9 Å². The van der Waals surface area contributed by atoms with Crippen LogP contribution in [-0.4, -0.2) is 12.0 Å². The van der Waals surface area contributed by atoms with Gasteiger partial charge >= 0.3 is 0 Å². The van der Waals surface area contributed by atoms with Crippen LogP contribution in [0.4, 0.5) is 0 Å². The average Bonchev–Trinajstić information content (AvgIpc) is 2.69. The van der Waals surface area contributed by atoms with Crippen molar-refractivity contribution in [1.82, 2.24) is 10.6 Å². The summed E-state index contributed by atoms with van der Waals surface area (Å²) in [5, 5.41) is 6.99. The Kier molecular flexibility index (Phi) is 4.32. The molecule has 3 nitrogen and oxygen atoms in total. The Bertz CT molecular complexity index is 855. The smallest absolute Gasteiger partial charge is 0.131 e. The van der Waals surface area contributed by atoms with Gasteiger partial charge in [-0.15, -0.1) is 0 Å². The van der Waals surface area contributed by atoms with Crippen LogP contribution in [0.5, 0.6) is 0 Å². The highest BCUT2D eigenvalue weighted by Gasteiger charge is 2.21. The maximum Gasteiger partial charge on any atom is 0.131 e. The molecule has 0 saturated heterocycles. The molecule has 124 valence electrons. The van der Waals surface area contributed by atoms with Crippen LogP contribution in [-0.2, 0) is 0 Å². The quantitative estimate of drug-likeness (QED) is 0.751. The standard InChI is InChI=1S/C22H21N3/c1-16-23-21(19-10-6-3-7-11-19)25-22(24-16)20-14-12-18(13-15-20)17-8-4-2-5-9-17/h2-16,21,23H,1H3,(H,24,25). The Balaban J connectivity index is 1.58. The molecule has 0 aliphatic carbocycles. The van der Waals surface area contributed by atoms with Gasteiger partial charge in [-0.1, -0.05) is 84.9 Å². The molecule has 3 heteroatoms. The monoisotopic (exact) mass is 327 g/mol. The molecule has 0 bridgehead atoms. The number of amidine groups is 1. The molecule has 0 saturated carbocycles. The van der Waals surface area contributed by atoms with Crippen LogP contribution in [0.25, 0.3) is 11.1 Å². The summed E-state index contributed by atoms with van der Waals surface area (Å²) in [6.45, 7) is 2.08. The summed E-state index contributed by atoms with van der Waals surface area (Å²) in [5.74, 6) is 0.930. The lowest BCUT2D eigenvalue weighted by molar-refractivity contribution is 0.419. The molecule has 4 rings (SSSR count). The number of hydrogen-bond donors (Lipinski definition) is 2. The average molecular weight is 327 g/mol. The summed E-state index contributed by atoms with van der Waals surface area (Å²) >= 11 is 0. The van der Waals surface area contributed by atoms with E-state index in [1.165, 1.54) is 16.7 Å². The number of nitrogens with one attached hydrogen (secondary N) is 2. The topological polar surface area (TPSA) is 36.4 Å². The summed E-state index contributed by atoms with van der Waals surface area (Å²) in [5.41, 5.74) is 4.76. The number of nitrogens with zero attached hydrogens (tertiary/aromatic N) is 1. The minimum absolute atomic E-state index is 0.0651. The molecule has 25 heavy (non-hydrogen) atoms. The van der Waals surface area contributed by atoms with Crippen molar-refractivity contribution in [1.29, 1.82) is 0 Å². The SMILES string of the molecule is CC1N=C(c2ccc(-c3ccccc3)cc2)NC(c2ccccc2)N1. The van der Waals surface area contributed by atoms with E-state index in [4.69, 9.17) is 4.99 Å². The molecule has 0 fully saturated rings. The third-order valence-corrected chi connectivity index (χ3v) is 4.41. The van der Waals surface area contributed by atoms with Crippen molar-refractivity contribution in [3.63, 3.8) is 0 Å². The van der Waals surface area contributed by atoms with E-state index < -0.39 is 0 Å². The van der Waals surface area contributed by atoms with E-state index in [-0.39, 0.29) is 12.3 Å². The summed E-state index contributed by atoms with van der Waals surface area (Å²) in [6, 6.07) is 29.4. The van der Waals surface area contributed by atoms with Crippen LogP contribution >= 0.6 is 0 Å². The normalized spacial score (nSPS) is 19.8. The van der Waals surface area contributed by atoms with Crippen molar-refractivity contribution < 1.29 is 0 Å². The number of aliphatic imine (C=N–C) groups is 1. The van der Waals surface area contributed by atoms with Crippen LogP contribution in [0.3, 0.4) is 0 Å². The molecular weight excluding hydrogens is 306 g/mol. The fourth-order valence-corrected chi connectivity index (χ4v) is 3.12. The van der Waals surface area contributed by atoms with Gasteiger partial charge in [-0.25, -0.2) is 4.99 Å². The van der Waals surface area contributed by atoms with E-state index in [9.17, 15) is 0 Å². The predicted octanol–water partition coefficient (Wildman–Crippen LogP) is 4.34. The molecule has 3 aromatic rings. The minimum Gasteiger partial charge on any atom is -0.350 e. The first kappa shape index (κ1) is 15.6. The van der Waals surface area contributed by atoms with Gasteiger partial charge in [0.15, 0.2) is 0 Å². The molecule has 1 aliphatic rings. The maximum absolute atomic E-state index is 4.73. The van der Waals surface area contributed by atoms with Gasteiger partial charge in [0, 0.05) is 5.56 Å². The van der Waals surface area contributed by atoms with Crippen molar-refractivity contribution >= 4 is 5.84 Å². The Morgan fingerprint density at radius 3 is 1.92 bits per heavy atom. The predicted molar refractivity (Wildman–Crippen MR) is 103 cm³/mol. The number of benzene rings is 3. The molecule has 0 spiro atoms. The van der Waals surface area contributed by atoms with E-state index >= 15 is 0 Å². The second-order valence-corrected chi connectivity index (χ2v) is 6.25. The zero-order valence-corrected chi connectivity index (χ0v) is 14.2. The first-order valence-electron chi connectivity index (χ1n) is 8.61. The molecule has 2 atom stereocenters. The van der Waals surface area contributed by atoms with Crippen molar-refractivity contribution in [2.75, 3.05) is 0 Å². The Morgan fingerprint density at radius 1 is 0.680 bits per heavy atom. The van der Waals surface area contributed by atoms with Crippen molar-refractivity contribution in [2.45, 2.75) is 19.3 Å². The molecular formula is C22H21N3. The molecule has 1 heterocycles. The van der Waals surface area contributed by atoms with Gasteiger partial charge in [-0.05, 0) is 23.6 Å². The summed E-state index contributed by atoms with van der Waals surface area (Å²) in [6.07, 6.45) is 0.132. The van der Waals surface area contributed by atoms with Gasteiger partial charge in [0.1, 0.15) is 18.2 Å². The molecule has 1 aliphatic heterocycles. The highest BCUT2D eigenvalue weighted by Crippen LogP contribution is 2.21. The first-order chi connectivity index (χ1) is 12.3. The molecule has 0 aromatic heterocycles. The van der Waals surface area contributed by atoms with Crippen LogP contribution in [0.1, 0.15) is 24.2 Å². The lowest BCUT2D eigenvalue weighted by Crippen LogP contribution is -2.47. The van der Waals surface area contributed by atoms with Crippen LogP contribution < -0.4 is 10.6 Å². The minimum atomic E-state index is 0.0651. The van der Waals surface area contributed by atoms with E-state index in [0.29, 0.717) is 0 Å². The molecule has 0 radical (unpaired) electrons. The Labute approximate surface area is 148 Å². The fraction of sp³-hybridized carbons (Fsp3) is 0.136. The Hall–Kier alpha value is -2.91. The van der Waals surface area contributed by atoms with Crippen molar-refractivity contribution in [3.8, 4) is 11.1 Å². The first-order valence-corrected chi connectivity index (χ1v) is 8.61. The van der Waals surface area contributed by atoms with E-state index in [1.54, 1.807) is 0 Å². The number of hydrogen-bond acceptors (Lipinski definition) is 3. The van der Waals surface area contributed by atoms with Crippen molar-refractivity contribution in [3.05, 3.63) is 96.1 Å². The molecule has 3 aromatic carbocycles. The van der Waals surface area contributed by atoms with E-state index in [0.717, 1.165) is 11.4 Å². The molecule has 0 amide bonds. The lowest BCUT2D eigenvalue weighted by Gasteiger charge is -2.30. The largest absolute Gasteiger partial charge is 0.350 e. The highest BCUT2D eigenvalue weighted by molar-refractivity contribution is 5.99. The van der Waals surface area contributed by atoms with Crippen LogP contribution in [0, 0.1) is 0 Å². The summed E-state index contributed by atoms with van der Waals surface area (Å²) in [4.78, 5) is 4.73. The third kappa shape index (κ3) is 3.47. The van der Waals surface area contributed by atoms with Gasteiger partial charge in [-0.2, -0.15) is 0 Å².